The molecule has 1 aromatic carbocycles. The Balaban J connectivity index is 1.74. The predicted molar refractivity (Wildman–Crippen MR) is 98.4 cm³/mol. The highest BCUT2D eigenvalue weighted by atomic mass is 35.5. The van der Waals surface area contributed by atoms with Crippen LogP contribution in [0.2, 0.25) is 5.02 Å². The summed E-state index contributed by atoms with van der Waals surface area (Å²) >= 11 is 5.94. The summed E-state index contributed by atoms with van der Waals surface area (Å²) in [5.41, 5.74) is 1.58. The van der Waals surface area contributed by atoms with Crippen molar-refractivity contribution in [3.8, 4) is 0 Å². The predicted octanol–water partition coefficient (Wildman–Crippen LogP) is 3.19. The van der Waals surface area contributed by atoms with Crippen molar-refractivity contribution < 1.29 is 23.5 Å². The third-order valence-electron chi connectivity index (χ3n) is 4.00. The lowest BCUT2D eigenvalue weighted by atomic mass is 10.0. The summed E-state index contributed by atoms with van der Waals surface area (Å²) in [5, 5.41) is 6.36. The van der Waals surface area contributed by atoms with Crippen LogP contribution in [0.25, 0.3) is 0 Å². The van der Waals surface area contributed by atoms with Gasteiger partial charge in [-0.15, -0.1) is 0 Å². The standard InChI is InChI=1S/C19H19ClN2O5/c1-2-25-12-19(24)27-11-18(23)22-16(17-4-3-9-26-17)10-15(21-22)13-5-7-14(20)8-6-13/h3-9,16H,2,10-12H2,1H3/t16-/m0/s1. The topological polar surface area (TPSA) is 81.3 Å². The van der Waals surface area contributed by atoms with Gasteiger partial charge in [-0.1, -0.05) is 23.7 Å². The Labute approximate surface area is 161 Å². The molecule has 27 heavy (non-hydrogen) atoms. The third kappa shape index (κ3) is 4.75. The van der Waals surface area contributed by atoms with Crippen molar-refractivity contribution in [2.24, 2.45) is 5.10 Å². The van der Waals surface area contributed by atoms with Crippen molar-refractivity contribution in [1.82, 2.24) is 5.01 Å². The summed E-state index contributed by atoms with van der Waals surface area (Å²) in [5.74, 6) is -0.428. The number of hydrazone groups is 1. The van der Waals surface area contributed by atoms with E-state index in [2.05, 4.69) is 5.10 Å². The second-order valence-electron chi connectivity index (χ2n) is 5.83. The van der Waals surface area contributed by atoms with Crippen LogP contribution in [0, 0.1) is 0 Å². The fraction of sp³-hybridized carbons (Fsp3) is 0.316. The average Bonchev–Trinajstić information content (AvgIpc) is 3.34. The highest BCUT2D eigenvalue weighted by Crippen LogP contribution is 2.33. The average molecular weight is 391 g/mol. The molecule has 2 heterocycles. The Morgan fingerprint density at radius 2 is 2.04 bits per heavy atom. The van der Waals surface area contributed by atoms with Gasteiger partial charge in [-0.25, -0.2) is 9.80 Å². The van der Waals surface area contributed by atoms with E-state index in [1.807, 2.05) is 12.1 Å². The van der Waals surface area contributed by atoms with E-state index >= 15 is 0 Å². The molecule has 1 amide bonds. The molecule has 0 saturated carbocycles. The second-order valence-corrected chi connectivity index (χ2v) is 6.26. The number of furan rings is 1. The summed E-state index contributed by atoms with van der Waals surface area (Å²) in [6, 6.07) is 10.4. The number of hydrogen-bond acceptors (Lipinski definition) is 6. The minimum atomic E-state index is -0.596. The molecule has 0 bridgehead atoms. The Kier molecular flexibility index (Phi) is 6.26. The van der Waals surface area contributed by atoms with Gasteiger partial charge in [0.15, 0.2) is 6.61 Å². The molecular weight excluding hydrogens is 372 g/mol. The zero-order valence-electron chi connectivity index (χ0n) is 14.8. The lowest BCUT2D eigenvalue weighted by Gasteiger charge is -2.19. The first kappa shape index (κ1) is 19.1. The van der Waals surface area contributed by atoms with Crippen molar-refractivity contribution in [2.45, 2.75) is 19.4 Å². The molecule has 0 aliphatic carbocycles. The van der Waals surface area contributed by atoms with Crippen LogP contribution in [-0.2, 0) is 19.1 Å². The van der Waals surface area contributed by atoms with Gasteiger partial charge in [0.1, 0.15) is 18.4 Å². The summed E-state index contributed by atoms with van der Waals surface area (Å²) in [6.45, 7) is 1.55. The highest BCUT2D eigenvalue weighted by molar-refractivity contribution is 6.30. The fourth-order valence-electron chi connectivity index (χ4n) is 2.70. The van der Waals surface area contributed by atoms with E-state index in [-0.39, 0.29) is 6.61 Å². The maximum Gasteiger partial charge on any atom is 0.332 e. The minimum Gasteiger partial charge on any atom is -0.467 e. The number of benzene rings is 1. The largest absolute Gasteiger partial charge is 0.467 e. The summed E-state index contributed by atoms with van der Waals surface area (Å²) < 4.78 is 15.4. The van der Waals surface area contributed by atoms with E-state index in [1.165, 1.54) is 5.01 Å². The first-order chi connectivity index (χ1) is 13.1. The zero-order valence-corrected chi connectivity index (χ0v) is 15.5. The maximum atomic E-state index is 12.6. The van der Waals surface area contributed by atoms with E-state index in [0.29, 0.717) is 23.8 Å². The molecular formula is C19H19ClN2O5. The molecule has 0 fully saturated rings. The second kappa shape index (κ2) is 8.83. The summed E-state index contributed by atoms with van der Waals surface area (Å²) in [6.07, 6.45) is 2.02. The Bertz CT molecular complexity index is 817. The molecule has 7 nitrogen and oxygen atoms in total. The maximum absolute atomic E-state index is 12.6. The van der Waals surface area contributed by atoms with Crippen LogP contribution in [0.15, 0.2) is 52.2 Å². The molecule has 0 spiro atoms. The minimum absolute atomic E-state index is 0.190. The number of nitrogens with zero attached hydrogens (tertiary/aromatic N) is 2. The van der Waals surface area contributed by atoms with Gasteiger partial charge in [-0.2, -0.15) is 5.10 Å². The molecule has 1 aliphatic heterocycles. The SMILES string of the molecule is CCOCC(=O)OCC(=O)N1N=C(c2ccc(Cl)cc2)C[C@H]1c1ccco1. The number of carbonyl (C=O) groups excluding carboxylic acids is 2. The number of esters is 1. The molecule has 0 radical (unpaired) electrons. The number of amides is 1. The quantitative estimate of drug-likeness (QED) is 0.678. The van der Waals surface area contributed by atoms with Gasteiger partial charge >= 0.3 is 5.97 Å². The molecule has 8 heteroatoms. The van der Waals surface area contributed by atoms with Crippen molar-refractivity contribution >= 4 is 29.2 Å². The Hall–Kier alpha value is -2.64. The summed E-state index contributed by atoms with van der Waals surface area (Å²) in [4.78, 5) is 24.2. The van der Waals surface area contributed by atoms with Gasteiger partial charge in [-0.05, 0) is 36.8 Å². The number of carbonyl (C=O) groups is 2. The highest BCUT2D eigenvalue weighted by Gasteiger charge is 2.35. The molecule has 1 aliphatic rings. The molecule has 0 N–H and O–H groups in total. The van der Waals surface area contributed by atoms with Crippen LogP contribution in [0.5, 0.6) is 0 Å². The zero-order chi connectivity index (χ0) is 19.2. The van der Waals surface area contributed by atoms with E-state index in [1.54, 1.807) is 37.5 Å². The molecule has 142 valence electrons. The number of hydrogen-bond donors (Lipinski definition) is 0. The number of halogens is 1. The van der Waals surface area contributed by atoms with Crippen LogP contribution in [0.4, 0.5) is 0 Å². The van der Waals surface area contributed by atoms with Gasteiger partial charge in [0.25, 0.3) is 5.91 Å². The molecule has 3 rings (SSSR count). The van der Waals surface area contributed by atoms with Crippen molar-refractivity contribution in [3.63, 3.8) is 0 Å². The molecule has 2 aromatic rings. The lowest BCUT2D eigenvalue weighted by molar-refractivity contribution is -0.156. The first-order valence-corrected chi connectivity index (χ1v) is 8.88. The first-order valence-electron chi connectivity index (χ1n) is 8.50. The van der Waals surface area contributed by atoms with Gasteiger partial charge in [0, 0.05) is 18.1 Å². The smallest absolute Gasteiger partial charge is 0.332 e. The third-order valence-corrected chi connectivity index (χ3v) is 4.25. The van der Waals surface area contributed by atoms with Gasteiger partial charge in [0.2, 0.25) is 0 Å². The molecule has 1 aromatic heterocycles. The van der Waals surface area contributed by atoms with E-state index in [4.69, 9.17) is 25.5 Å². The fourth-order valence-corrected chi connectivity index (χ4v) is 2.82. The van der Waals surface area contributed by atoms with E-state index in [9.17, 15) is 9.59 Å². The summed E-state index contributed by atoms with van der Waals surface area (Å²) in [7, 11) is 0. The van der Waals surface area contributed by atoms with Crippen LogP contribution in [0.3, 0.4) is 0 Å². The Morgan fingerprint density at radius 1 is 1.26 bits per heavy atom. The van der Waals surface area contributed by atoms with Gasteiger partial charge in [0.05, 0.1) is 12.0 Å². The van der Waals surface area contributed by atoms with Crippen LogP contribution < -0.4 is 0 Å². The van der Waals surface area contributed by atoms with Crippen LogP contribution >= 0.6 is 11.6 Å². The normalized spacial score (nSPS) is 16.3. The number of ether oxygens (including phenoxy) is 2. The molecule has 0 saturated heterocycles. The van der Waals surface area contributed by atoms with E-state index in [0.717, 1.165) is 11.3 Å². The molecule has 1 atom stereocenters. The van der Waals surface area contributed by atoms with Crippen molar-refractivity contribution in [1.29, 1.82) is 0 Å². The van der Waals surface area contributed by atoms with Crippen molar-refractivity contribution in [2.75, 3.05) is 19.8 Å². The van der Waals surface area contributed by atoms with Crippen molar-refractivity contribution in [3.05, 3.63) is 59.0 Å². The number of rotatable bonds is 7. The van der Waals surface area contributed by atoms with E-state index < -0.39 is 24.5 Å². The van der Waals surface area contributed by atoms with Gasteiger partial charge < -0.3 is 13.9 Å². The van der Waals surface area contributed by atoms with Crippen LogP contribution in [0.1, 0.15) is 30.7 Å². The van der Waals surface area contributed by atoms with Gasteiger partial charge in [-0.3, -0.25) is 4.79 Å². The Morgan fingerprint density at radius 3 is 2.70 bits per heavy atom. The van der Waals surface area contributed by atoms with Crippen LogP contribution in [-0.4, -0.2) is 42.4 Å². The monoisotopic (exact) mass is 390 g/mol. The lowest BCUT2D eigenvalue weighted by Crippen LogP contribution is -2.31. The molecule has 0 unspecified atom stereocenters.